The van der Waals surface area contributed by atoms with Gasteiger partial charge in [0, 0.05) is 11.6 Å². The maximum atomic E-state index is 11.9. The molecule has 0 bridgehead atoms. The quantitative estimate of drug-likeness (QED) is 0.896. The number of nitrogens with one attached hydrogen (secondary N) is 1. The Morgan fingerprint density at radius 1 is 1.53 bits per heavy atom. The van der Waals surface area contributed by atoms with Crippen LogP contribution in [-0.2, 0) is 6.54 Å². The van der Waals surface area contributed by atoms with Gasteiger partial charge in [-0.3, -0.25) is 4.79 Å². The lowest BCUT2D eigenvalue weighted by molar-refractivity contribution is 0.0951. The lowest BCUT2D eigenvalue weighted by Crippen LogP contribution is -2.24. The van der Waals surface area contributed by atoms with Crippen molar-refractivity contribution in [2.75, 3.05) is 5.73 Å². The summed E-state index contributed by atoms with van der Waals surface area (Å²) in [4.78, 5) is 20.3. The van der Waals surface area contributed by atoms with Crippen LogP contribution in [0.25, 0.3) is 0 Å². The van der Waals surface area contributed by atoms with E-state index in [9.17, 15) is 4.79 Å². The van der Waals surface area contributed by atoms with Crippen molar-refractivity contribution in [1.29, 1.82) is 0 Å². The van der Waals surface area contributed by atoms with E-state index < -0.39 is 0 Å². The third-order valence-electron chi connectivity index (χ3n) is 2.64. The highest BCUT2D eigenvalue weighted by Crippen LogP contribution is 2.17. The zero-order chi connectivity index (χ0) is 13.8. The van der Waals surface area contributed by atoms with Crippen molar-refractivity contribution >= 4 is 23.1 Å². The van der Waals surface area contributed by atoms with Crippen molar-refractivity contribution in [3.8, 4) is 0 Å². The number of pyridine rings is 1. The number of nitrogen functional groups attached to an aromatic ring is 1. The van der Waals surface area contributed by atoms with E-state index in [0.717, 1.165) is 10.7 Å². The van der Waals surface area contributed by atoms with E-state index in [1.54, 1.807) is 29.7 Å². The van der Waals surface area contributed by atoms with Crippen LogP contribution < -0.4 is 11.1 Å². The van der Waals surface area contributed by atoms with E-state index >= 15 is 0 Å². The number of hydrogen-bond acceptors (Lipinski definition) is 5. The average molecular weight is 276 g/mol. The monoisotopic (exact) mass is 276 g/mol. The molecule has 0 aromatic carbocycles. The molecule has 0 radical (unpaired) electrons. The lowest BCUT2D eigenvalue weighted by Gasteiger charge is -2.05. The first kappa shape index (κ1) is 13.5. The highest BCUT2D eigenvalue weighted by Gasteiger charge is 2.11. The van der Waals surface area contributed by atoms with Crippen LogP contribution in [0, 0.1) is 0 Å². The van der Waals surface area contributed by atoms with Crippen LogP contribution in [0.3, 0.4) is 0 Å². The van der Waals surface area contributed by atoms with E-state index in [2.05, 4.69) is 29.1 Å². The van der Waals surface area contributed by atoms with Gasteiger partial charge in [-0.25, -0.2) is 9.97 Å². The minimum absolute atomic E-state index is 0.230. The molecule has 2 heterocycles. The first-order valence-electron chi connectivity index (χ1n) is 6.01. The van der Waals surface area contributed by atoms with E-state index in [-0.39, 0.29) is 11.7 Å². The van der Waals surface area contributed by atoms with Crippen molar-refractivity contribution in [3.05, 3.63) is 40.0 Å². The predicted octanol–water partition coefficient (Wildman–Crippen LogP) is 2.17. The first-order valence-corrected chi connectivity index (χ1v) is 6.89. The minimum atomic E-state index is -0.230. The van der Waals surface area contributed by atoms with Gasteiger partial charge in [0.25, 0.3) is 5.91 Å². The number of aromatic nitrogens is 2. The van der Waals surface area contributed by atoms with Crippen LogP contribution >= 0.6 is 11.3 Å². The Morgan fingerprint density at radius 2 is 2.32 bits per heavy atom. The van der Waals surface area contributed by atoms with Gasteiger partial charge in [0.05, 0.1) is 17.8 Å². The Hall–Kier alpha value is -1.95. The summed E-state index contributed by atoms with van der Waals surface area (Å²) in [6.45, 7) is 4.59. The normalized spacial score (nSPS) is 10.7. The summed E-state index contributed by atoms with van der Waals surface area (Å²) >= 11 is 1.55. The molecule has 0 unspecified atom stereocenters. The summed E-state index contributed by atoms with van der Waals surface area (Å²) in [5, 5.41) is 5.70. The molecular weight excluding hydrogens is 260 g/mol. The summed E-state index contributed by atoms with van der Waals surface area (Å²) in [6.07, 6.45) is 1.56. The summed E-state index contributed by atoms with van der Waals surface area (Å²) in [5.41, 5.74) is 7.09. The zero-order valence-corrected chi connectivity index (χ0v) is 11.7. The summed E-state index contributed by atoms with van der Waals surface area (Å²) in [5.74, 6) is 0.406. The number of nitrogens with zero attached hydrogens (tertiary/aromatic N) is 2. The Bertz CT molecular complexity index is 580. The molecule has 0 atom stereocenters. The van der Waals surface area contributed by atoms with Crippen LogP contribution in [0.1, 0.15) is 40.8 Å². The van der Waals surface area contributed by atoms with Crippen LogP contribution in [0.15, 0.2) is 23.7 Å². The number of thiazole rings is 1. The molecule has 2 aromatic rings. The number of amides is 1. The van der Waals surface area contributed by atoms with Crippen LogP contribution in [0.2, 0.25) is 0 Å². The Balaban J connectivity index is 1.98. The summed E-state index contributed by atoms with van der Waals surface area (Å²) in [6, 6.07) is 3.34. The van der Waals surface area contributed by atoms with Gasteiger partial charge in [0.15, 0.2) is 0 Å². The Labute approximate surface area is 115 Å². The number of rotatable bonds is 4. The van der Waals surface area contributed by atoms with Crippen molar-refractivity contribution in [1.82, 2.24) is 15.3 Å². The standard InChI is InChI=1S/C13H16N4OS/c1-8(2)10-7-19-11(17-10)6-16-13(18)9-4-3-5-15-12(9)14/h3-5,7-8H,6H2,1-2H3,(H2,14,15)(H,16,18). The number of carbonyl (C=O) groups is 1. The summed E-state index contributed by atoms with van der Waals surface area (Å²) < 4.78 is 0. The Kier molecular flexibility index (Phi) is 4.11. The number of nitrogens with two attached hydrogens (primary N) is 1. The van der Waals surface area contributed by atoms with Crippen molar-refractivity contribution in [2.45, 2.75) is 26.3 Å². The summed E-state index contributed by atoms with van der Waals surface area (Å²) in [7, 11) is 0. The fourth-order valence-electron chi connectivity index (χ4n) is 1.53. The van der Waals surface area contributed by atoms with Gasteiger partial charge in [-0.05, 0) is 18.1 Å². The van der Waals surface area contributed by atoms with Gasteiger partial charge in [-0.2, -0.15) is 0 Å². The third-order valence-corrected chi connectivity index (χ3v) is 3.51. The fraction of sp³-hybridized carbons (Fsp3) is 0.308. The molecule has 100 valence electrons. The number of anilines is 1. The molecule has 1 amide bonds. The molecule has 0 saturated carbocycles. The molecule has 0 spiro atoms. The molecule has 0 aliphatic carbocycles. The van der Waals surface area contributed by atoms with E-state index in [1.807, 2.05) is 5.38 Å². The van der Waals surface area contributed by atoms with Gasteiger partial charge in [-0.15, -0.1) is 11.3 Å². The maximum Gasteiger partial charge on any atom is 0.255 e. The smallest absolute Gasteiger partial charge is 0.255 e. The second-order valence-corrected chi connectivity index (χ2v) is 5.38. The molecule has 0 saturated heterocycles. The molecule has 19 heavy (non-hydrogen) atoms. The molecule has 0 fully saturated rings. The lowest BCUT2D eigenvalue weighted by atomic mass is 10.2. The molecule has 2 rings (SSSR count). The second-order valence-electron chi connectivity index (χ2n) is 4.44. The van der Waals surface area contributed by atoms with Gasteiger partial charge in [-0.1, -0.05) is 13.8 Å². The van der Waals surface area contributed by atoms with Crippen LogP contribution in [0.4, 0.5) is 5.82 Å². The maximum absolute atomic E-state index is 11.9. The SMILES string of the molecule is CC(C)c1csc(CNC(=O)c2cccnc2N)n1. The molecular formula is C13H16N4OS. The van der Waals surface area contributed by atoms with Gasteiger partial charge < -0.3 is 11.1 Å². The highest BCUT2D eigenvalue weighted by atomic mass is 32.1. The van der Waals surface area contributed by atoms with Crippen molar-refractivity contribution in [3.63, 3.8) is 0 Å². The van der Waals surface area contributed by atoms with Gasteiger partial charge in [0.1, 0.15) is 10.8 Å². The molecule has 0 aliphatic heterocycles. The first-order chi connectivity index (χ1) is 9.08. The van der Waals surface area contributed by atoms with Crippen LogP contribution in [-0.4, -0.2) is 15.9 Å². The number of carbonyl (C=O) groups excluding carboxylic acids is 1. The van der Waals surface area contributed by atoms with E-state index in [0.29, 0.717) is 18.0 Å². The Morgan fingerprint density at radius 3 is 2.95 bits per heavy atom. The topological polar surface area (TPSA) is 80.9 Å². The van der Waals surface area contributed by atoms with E-state index in [4.69, 9.17) is 5.73 Å². The highest BCUT2D eigenvalue weighted by molar-refractivity contribution is 7.09. The zero-order valence-electron chi connectivity index (χ0n) is 10.9. The third kappa shape index (κ3) is 3.29. The van der Waals surface area contributed by atoms with E-state index in [1.165, 1.54) is 0 Å². The fourth-order valence-corrected chi connectivity index (χ4v) is 2.43. The van der Waals surface area contributed by atoms with Crippen molar-refractivity contribution < 1.29 is 4.79 Å². The average Bonchev–Trinajstić information content (AvgIpc) is 2.85. The molecule has 3 N–H and O–H groups in total. The predicted molar refractivity (Wildman–Crippen MR) is 76.0 cm³/mol. The second kappa shape index (κ2) is 5.79. The van der Waals surface area contributed by atoms with Gasteiger partial charge >= 0.3 is 0 Å². The molecule has 0 aliphatic rings. The van der Waals surface area contributed by atoms with Gasteiger partial charge in [0.2, 0.25) is 0 Å². The largest absolute Gasteiger partial charge is 0.383 e. The van der Waals surface area contributed by atoms with Crippen molar-refractivity contribution in [2.24, 2.45) is 0 Å². The molecule has 6 heteroatoms. The number of hydrogen-bond donors (Lipinski definition) is 2. The van der Waals surface area contributed by atoms with Crippen LogP contribution in [0.5, 0.6) is 0 Å². The molecule has 5 nitrogen and oxygen atoms in total. The minimum Gasteiger partial charge on any atom is -0.383 e. The molecule has 2 aromatic heterocycles.